The lowest BCUT2D eigenvalue weighted by Gasteiger charge is -2.39. The number of rotatable bonds is 4. The van der Waals surface area contributed by atoms with Gasteiger partial charge in [-0.05, 0) is 54.7 Å². The van der Waals surface area contributed by atoms with E-state index >= 15 is 0 Å². The van der Waals surface area contributed by atoms with Gasteiger partial charge in [-0.25, -0.2) is 0 Å². The van der Waals surface area contributed by atoms with Crippen LogP contribution in [0.2, 0.25) is 0 Å². The summed E-state index contributed by atoms with van der Waals surface area (Å²) in [7, 11) is 1.57. The van der Waals surface area contributed by atoms with Crippen LogP contribution in [0.15, 0.2) is 42.5 Å². The van der Waals surface area contributed by atoms with Crippen molar-refractivity contribution in [2.24, 2.45) is 5.92 Å². The molecule has 0 spiro atoms. The molecule has 4 rings (SSSR count). The average Bonchev–Trinajstić information content (AvgIpc) is 3.04. The number of piperidine rings is 1. The van der Waals surface area contributed by atoms with Gasteiger partial charge in [0.15, 0.2) is 5.78 Å². The maximum atomic E-state index is 13.0. The molecule has 1 N–H and O–H groups in total. The summed E-state index contributed by atoms with van der Waals surface area (Å²) in [4.78, 5) is 14.9. The summed E-state index contributed by atoms with van der Waals surface area (Å²) < 4.78 is 44.3. The second-order valence-corrected chi connectivity index (χ2v) is 8.20. The number of alkyl halides is 3. The molecule has 1 atom stereocenters. The molecular formula is C23H24F3NO3. The van der Waals surface area contributed by atoms with E-state index in [0.29, 0.717) is 55.8 Å². The smallest absolute Gasteiger partial charge is 0.416 e. The summed E-state index contributed by atoms with van der Waals surface area (Å²) in [5.41, 5.74) is -0.0116. The number of Topliss-reactive ketones (excluding diaryl/α,β-unsaturated/α-hetero) is 1. The van der Waals surface area contributed by atoms with Gasteiger partial charge in [0.25, 0.3) is 0 Å². The maximum Gasteiger partial charge on any atom is 0.416 e. The van der Waals surface area contributed by atoms with Crippen LogP contribution in [0.1, 0.15) is 39.9 Å². The third kappa shape index (κ3) is 3.96. The fraction of sp³-hybridized carbons (Fsp3) is 0.435. The molecule has 2 aliphatic rings. The zero-order valence-corrected chi connectivity index (χ0v) is 16.7. The van der Waals surface area contributed by atoms with Crippen LogP contribution in [-0.2, 0) is 18.2 Å². The third-order valence-corrected chi connectivity index (χ3v) is 6.31. The van der Waals surface area contributed by atoms with Crippen LogP contribution in [0, 0.1) is 5.92 Å². The quantitative estimate of drug-likeness (QED) is 0.812. The summed E-state index contributed by atoms with van der Waals surface area (Å²) in [5, 5.41) is 11.0. The summed E-state index contributed by atoms with van der Waals surface area (Å²) in [6.45, 7) is 1.63. The minimum atomic E-state index is -4.44. The SMILES string of the molecule is COc1ccc2c(c1)C(=O)C(CN1CCC(O)(c3cccc(C(F)(F)F)c3)CC1)C2. The van der Waals surface area contributed by atoms with Crippen molar-refractivity contribution in [3.8, 4) is 5.75 Å². The first-order valence-electron chi connectivity index (χ1n) is 10.0. The van der Waals surface area contributed by atoms with Gasteiger partial charge in [-0.1, -0.05) is 18.2 Å². The largest absolute Gasteiger partial charge is 0.497 e. The second kappa shape index (κ2) is 7.71. The molecule has 160 valence electrons. The predicted molar refractivity (Wildman–Crippen MR) is 106 cm³/mol. The van der Waals surface area contributed by atoms with Crippen molar-refractivity contribution in [1.82, 2.24) is 4.90 Å². The highest BCUT2D eigenvalue weighted by Crippen LogP contribution is 2.37. The van der Waals surface area contributed by atoms with E-state index < -0.39 is 17.3 Å². The Kier molecular flexibility index (Phi) is 5.36. The number of hydrogen-bond donors (Lipinski definition) is 1. The number of nitrogens with zero attached hydrogens (tertiary/aromatic N) is 1. The van der Waals surface area contributed by atoms with E-state index in [4.69, 9.17) is 4.74 Å². The fourth-order valence-electron chi connectivity index (χ4n) is 4.51. The lowest BCUT2D eigenvalue weighted by Crippen LogP contribution is -2.45. The van der Waals surface area contributed by atoms with Gasteiger partial charge in [0.2, 0.25) is 0 Å². The van der Waals surface area contributed by atoms with Crippen LogP contribution in [0.4, 0.5) is 13.2 Å². The van der Waals surface area contributed by atoms with E-state index in [1.54, 1.807) is 19.2 Å². The number of fused-ring (bicyclic) bond motifs is 1. The topological polar surface area (TPSA) is 49.8 Å². The first kappa shape index (κ1) is 20.9. The summed E-state index contributed by atoms with van der Waals surface area (Å²) in [6, 6.07) is 10.5. The van der Waals surface area contributed by atoms with E-state index in [1.807, 2.05) is 12.1 Å². The van der Waals surface area contributed by atoms with Crippen LogP contribution in [-0.4, -0.2) is 42.5 Å². The van der Waals surface area contributed by atoms with Gasteiger partial charge in [0, 0.05) is 31.1 Å². The van der Waals surface area contributed by atoms with E-state index in [9.17, 15) is 23.1 Å². The van der Waals surface area contributed by atoms with E-state index in [1.165, 1.54) is 6.07 Å². The number of aliphatic hydroxyl groups is 1. The molecule has 0 radical (unpaired) electrons. The Bertz CT molecular complexity index is 949. The Morgan fingerprint density at radius 1 is 1.17 bits per heavy atom. The highest BCUT2D eigenvalue weighted by Gasteiger charge is 2.39. The number of likely N-dealkylation sites (tertiary alicyclic amines) is 1. The number of benzene rings is 2. The summed E-state index contributed by atoms with van der Waals surface area (Å²) in [6.07, 6.45) is -3.11. The molecule has 1 fully saturated rings. The number of ketones is 1. The van der Waals surface area contributed by atoms with Crippen LogP contribution in [0.25, 0.3) is 0 Å². The van der Waals surface area contributed by atoms with Gasteiger partial charge in [0.05, 0.1) is 18.3 Å². The molecular weight excluding hydrogens is 395 g/mol. The van der Waals surface area contributed by atoms with Crippen molar-refractivity contribution in [2.45, 2.75) is 31.0 Å². The van der Waals surface area contributed by atoms with Gasteiger partial charge >= 0.3 is 6.18 Å². The third-order valence-electron chi connectivity index (χ3n) is 6.31. The van der Waals surface area contributed by atoms with Crippen LogP contribution >= 0.6 is 0 Å². The zero-order chi connectivity index (χ0) is 21.5. The van der Waals surface area contributed by atoms with E-state index in [0.717, 1.165) is 17.7 Å². The summed E-state index contributed by atoms with van der Waals surface area (Å²) >= 11 is 0. The number of carbonyl (C=O) groups is 1. The molecule has 0 saturated carbocycles. The van der Waals surface area contributed by atoms with Crippen molar-refractivity contribution >= 4 is 5.78 Å². The molecule has 30 heavy (non-hydrogen) atoms. The molecule has 0 amide bonds. The van der Waals surface area contributed by atoms with Gasteiger partial charge in [-0.3, -0.25) is 4.79 Å². The summed E-state index contributed by atoms with van der Waals surface area (Å²) in [5.74, 6) is 0.612. The first-order valence-corrected chi connectivity index (χ1v) is 10.0. The molecule has 1 aliphatic carbocycles. The number of halogens is 3. The molecule has 1 aliphatic heterocycles. The van der Waals surface area contributed by atoms with Crippen molar-refractivity contribution in [2.75, 3.05) is 26.7 Å². The second-order valence-electron chi connectivity index (χ2n) is 8.20. The minimum absolute atomic E-state index is 0.0996. The number of hydrogen-bond acceptors (Lipinski definition) is 4. The number of methoxy groups -OCH3 is 1. The first-order chi connectivity index (χ1) is 14.2. The Labute approximate surface area is 173 Å². The molecule has 0 bridgehead atoms. The van der Waals surface area contributed by atoms with Crippen molar-refractivity contribution in [3.05, 3.63) is 64.7 Å². The van der Waals surface area contributed by atoms with Gasteiger partial charge in [-0.2, -0.15) is 13.2 Å². The molecule has 2 aromatic carbocycles. The maximum absolute atomic E-state index is 13.0. The van der Waals surface area contributed by atoms with Crippen LogP contribution < -0.4 is 4.74 Å². The van der Waals surface area contributed by atoms with Crippen LogP contribution in [0.5, 0.6) is 5.75 Å². The van der Waals surface area contributed by atoms with Gasteiger partial charge < -0.3 is 14.7 Å². The highest BCUT2D eigenvalue weighted by molar-refractivity contribution is 6.02. The lowest BCUT2D eigenvalue weighted by molar-refractivity contribution is -0.137. The molecule has 0 aromatic heterocycles. The standard InChI is InChI=1S/C23H24F3NO3/c1-30-19-6-5-15-11-16(21(28)20(15)13-19)14-27-9-7-22(29,8-10-27)17-3-2-4-18(12-17)23(24,25)26/h2-6,12-13,16,29H,7-11,14H2,1H3. The Morgan fingerprint density at radius 3 is 2.57 bits per heavy atom. The van der Waals surface area contributed by atoms with Crippen LogP contribution in [0.3, 0.4) is 0 Å². The molecule has 2 aromatic rings. The van der Waals surface area contributed by atoms with E-state index in [2.05, 4.69) is 4.90 Å². The monoisotopic (exact) mass is 419 g/mol. The minimum Gasteiger partial charge on any atom is -0.497 e. The average molecular weight is 419 g/mol. The Hall–Kier alpha value is -2.38. The Morgan fingerprint density at radius 2 is 1.90 bits per heavy atom. The molecule has 1 heterocycles. The molecule has 4 nitrogen and oxygen atoms in total. The van der Waals surface area contributed by atoms with Gasteiger partial charge in [0.1, 0.15) is 5.75 Å². The number of ether oxygens (including phenoxy) is 1. The predicted octanol–water partition coefficient (Wildman–Crippen LogP) is 4.05. The fourth-order valence-corrected chi connectivity index (χ4v) is 4.51. The van der Waals surface area contributed by atoms with Gasteiger partial charge in [-0.15, -0.1) is 0 Å². The normalized spacial score (nSPS) is 21.5. The molecule has 1 saturated heterocycles. The van der Waals surface area contributed by atoms with Crippen molar-refractivity contribution in [3.63, 3.8) is 0 Å². The zero-order valence-electron chi connectivity index (χ0n) is 16.7. The van der Waals surface area contributed by atoms with Crippen molar-refractivity contribution < 1.29 is 27.8 Å². The Balaban J connectivity index is 1.40. The van der Waals surface area contributed by atoms with Crippen molar-refractivity contribution in [1.29, 1.82) is 0 Å². The lowest BCUT2D eigenvalue weighted by atomic mass is 9.83. The molecule has 1 unspecified atom stereocenters. The molecule has 7 heteroatoms. The highest BCUT2D eigenvalue weighted by atomic mass is 19.4. The number of carbonyl (C=O) groups excluding carboxylic acids is 1. The van der Waals surface area contributed by atoms with E-state index in [-0.39, 0.29) is 11.7 Å².